The first-order valence-electron chi connectivity index (χ1n) is 8.01. The fraction of sp³-hybridized carbons (Fsp3) is 0.471. The van der Waals surface area contributed by atoms with E-state index < -0.39 is 6.36 Å². The third-order valence-electron chi connectivity index (χ3n) is 3.52. The van der Waals surface area contributed by atoms with Crippen LogP contribution in [0.4, 0.5) is 13.2 Å². The number of rotatable bonds is 6. The average Bonchev–Trinajstić information content (AvgIpc) is 3.01. The topological polar surface area (TPSA) is 45.7 Å². The highest BCUT2D eigenvalue weighted by Crippen LogP contribution is 2.22. The summed E-state index contributed by atoms with van der Waals surface area (Å²) in [4.78, 5) is 4.51. The number of guanidine groups is 1. The van der Waals surface area contributed by atoms with E-state index in [-0.39, 0.29) is 29.7 Å². The molecule has 0 saturated carbocycles. The van der Waals surface area contributed by atoms with Gasteiger partial charge in [-0.1, -0.05) is 24.3 Å². The molecule has 8 heteroatoms. The van der Waals surface area contributed by atoms with Gasteiger partial charge in [0, 0.05) is 19.1 Å². The van der Waals surface area contributed by atoms with Crippen LogP contribution in [0, 0.1) is 0 Å². The molecule has 0 aliphatic heterocycles. The Bertz CT molecular complexity index is 565. The second kappa shape index (κ2) is 10.5. The zero-order chi connectivity index (χ0) is 17.4. The number of nitrogens with one attached hydrogen (secondary N) is 2. The van der Waals surface area contributed by atoms with Crippen LogP contribution in [0.25, 0.3) is 0 Å². The predicted octanol–water partition coefficient (Wildman–Crippen LogP) is 4.02. The standard InChI is InChI=1S/C17H22F3N3O.HI/c1-2-21-16(23-14-5-3-4-6-14)22-12-11-13-7-9-15(10-8-13)24-17(18,19)20;/h3-4,7-10,14H,2,5-6,11-12H2,1H3,(H2,21,22,23);1H. The molecule has 0 bridgehead atoms. The number of benzene rings is 1. The van der Waals surface area contributed by atoms with Gasteiger partial charge in [-0.05, 0) is 43.9 Å². The maximum atomic E-state index is 12.1. The molecule has 0 heterocycles. The van der Waals surface area contributed by atoms with Crippen molar-refractivity contribution in [1.82, 2.24) is 10.6 Å². The molecule has 4 nitrogen and oxygen atoms in total. The van der Waals surface area contributed by atoms with E-state index >= 15 is 0 Å². The highest BCUT2D eigenvalue weighted by atomic mass is 127. The second-order valence-corrected chi connectivity index (χ2v) is 5.49. The van der Waals surface area contributed by atoms with Crippen LogP contribution in [0.1, 0.15) is 25.3 Å². The molecule has 140 valence electrons. The average molecular weight is 469 g/mol. The number of ether oxygens (including phenoxy) is 1. The van der Waals surface area contributed by atoms with E-state index in [1.165, 1.54) is 12.1 Å². The summed E-state index contributed by atoms with van der Waals surface area (Å²) in [5, 5.41) is 6.57. The number of hydrogen-bond acceptors (Lipinski definition) is 2. The Kier molecular flexibility index (Phi) is 9.09. The summed E-state index contributed by atoms with van der Waals surface area (Å²) in [6, 6.07) is 6.26. The molecule has 2 rings (SSSR count). The Morgan fingerprint density at radius 3 is 2.40 bits per heavy atom. The first kappa shape index (κ1) is 21.6. The number of alkyl halides is 3. The van der Waals surface area contributed by atoms with Crippen LogP contribution >= 0.6 is 24.0 Å². The van der Waals surface area contributed by atoms with Crippen LogP contribution in [0.3, 0.4) is 0 Å². The summed E-state index contributed by atoms with van der Waals surface area (Å²) in [5.41, 5.74) is 0.909. The number of hydrogen-bond donors (Lipinski definition) is 2. The van der Waals surface area contributed by atoms with Crippen LogP contribution in [0.5, 0.6) is 5.75 Å². The fourth-order valence-corrected chi connectivity index (χ4v) is 2.40. The SMILES string of the molecule is CCNC(=NCCc1ccc(OC(F)(F)F)cc1)NC1CC=CC1.I. The van der Waals surface area contributed by atoms with Gasteiger partial charge in [-0.15, -0.1) is 37.1 Å². The molecule has 0 fully saturated rings. The van der Waals surface area contributed by atoms with Crippen molar-refractivity contribution in [2.75, 3.05) is 13.1 Å². The molecule has 1 aromatic rings. The summed E-state index contributed by atoms with van der Waals surface area (Å²) in [6.07, 6.45) is 2.26. The van der Waals surface area contributed by atoms with Gasteiger partial charge in [0.2, 0.25) is 0 Å². The summed E-state index contributed by atoms with van der Waals surface area (Å²) in [5.74, 6) is 0.557. The maximum Gasteiger partial charge on any atom is 0.573 e. The Balaban J connectivity index is 0.00000312. The predicted molar refractivity (Wildman–Crippen MR) is 104 cm³/mol. The van der Waals surface area contributed by atoms with E-state index in [4.69, 9.17) is 0 Å². The molecule has 1 aliphatic carbocycles. The van der Waals surface area contributed by atoms with Crippen LogP contribution < -0.4 is 15.4 Å². The Hall–Kier alpha value is -1.45. The Labute approximate surface area is 162 Å². The van der Waals surface area contributed by atoms with Crippen LogP contribution in [0.2, 0.25) is 0 Å². The third-order valence-corrected chi connectivity index (χ3v) is 3.52. The van der Waals surface area contributed by atoms with Gasteiger partial charge in [-0.3, -0.25) is 4.99 Å². The van der Waals surface area contributed by atoms with E-state index in [9.17, 15) is 13.2 Å². The summed E-state index contributed by atoms with van der Waals surface area (Å²) >= 11 is 0. The van der Waals surface area contributed by atoms with Gasteiger partial charge >= 0.3 is 6.36 Å². The molecule has 1 aliphatic rings. The van der Waals surface area contributed by atoms with E-state index in [0.717, 1.165) is 30.9 Å². The first-order chi connectivity index (χ1) is 11.5. The monoisotopic (exact) mass is 469 g/mol. The van der Waals surface area contributed by atoms with Crippen molar-refractivity contribution in [2.45, 2.75) is 38.6 Å². The normalized spacial score (nSPS) is 15.0. The van der Waals surface area contributed by atoms with Gasteiger partial charge in [0.15, 0.2) is 5.96 Å². The molecule has 0 atom stereocenters. The van der Waals surface area contributed by atoms with Crippen molar-refractivity contribution in [3.05, 3.63) is 42.0 Å². The lowest BCUT2D eigenvalue weighted by Gasteiger charge is -2.16. The van der Waals surface area contributed by atoms with Crippen LogP contribution in [-0.2, 0) is 6.42 Å². The molecular formula is C17H23F3IN3O. The first-order valence-corrected chi connectivity index (χ1v) is 8.01. The van der Waals surface area contributed by atoms with E-state index in [1.54, 1.807) is 12.1 Å². The van der Waals surface area contributed by atoms with Crippen molar-refractivity contribution < 1.29 is 17.9 Å². The summed E-state index contributed by atoms with van der Waals surface area (Å²) in [6.45, 7) is 3.33. The van der Waals surface area contributed by atoms with E-state index in [2.05, 4.69) is 32.5 Å². The van der Waals surface area contributed by atoms with Gasteiger partial charge in [0.1, 0.15) is 5.75 Å². The van der Waals surface area contributed by atoms with Crippen molar-refractivity contribution >= 4 is 29.9 Å². The summed E-state index contributed by atoms with van der Waals surface area (Å²) in [7, 11) is 0. The van der Waals surface area contributed by atoms with E-state index in [1.807, 2.05) is 6.92 Å². The minimum absolute atomic E-state index is 0. The number of halogens is 4. The van der Waals surface area contributed by atoms with Crippen molar-refractivity contribution in [2.24, 2.45) is 4.99 Å². The highest BCUT2D eigenvalue weighted by molar-refractivity contribution is 14.0. The highest BCUT2D eigenvalue weighted by Gasteiger charge is 2.30. The quantitative estimate of drug-likeness (QED) is 0.287. The van der Waals surface area contributed by atoms with Crippen molar-refractivity contribution in [3.63, 3.8) is 0 Å². The molecule has 0 radical (unpaired) electrons. The molecule has 0 unspecified atom stereocenters. The Morgan fingerprint density at radius 1 is 1.20 bits per heavy atom. The molecular weight excluding hydrogens is 446 g/mol. The van der Waals surface area contributed by atoms with E-state index in [0.29, 0.717) is 19.0 Å². The van der Waals surface area contributed by atoms with Crippen molar-refractivity contribution in [1.29, 1.82) is 0 Å². The second-order valence-electron chi connectivity index (χ2n) is 5.49. The fourth-order valence-electron chi connectivity index (χ4n) is 2.40. The molecule has 0 amide bonds. The molecule has 0 spiro atoms. The lowest BCUT2D eigenvalue weighted by Crippen LogP contribution is -2.42. The van der Waals surface area contributed by atoms with Gasteiger partial charge in [0.25, 0.3) is 0 Å². The van der Waals surface area contributed by atoms with Gasteiger partial charge in [0.05, 0.1) is 0 Å². The van der Waals surface area contributed by atoms with Crippen LogP contribution in [-0.4, -0.2) is 31.5 Å². The Morgan fingerprint density at radius 2 is 1.84 bits per heavy atom. The third kappa shape index (κ3) is 8.46. The van der Waals surface area contributed by atoms with Gasteiger partial charge < -0.3 is 15.4 Å². The largest absolute Gasteiger partial charge is 0.573 e. The molecule has 0 aromatic heterocycles. The van der Waals surface area contributed by atoms with Crippen LogP contribution in [0.15, 0.2) is 41.4 Å². The van der Waals surface area contributed by atoms with Crippen molar-refractivity contribution in [3.8, 4) is 5.75 Å². The smallest absolute Gasteiger partial charge is 0.406 e. The maximum absolute atomic E-state index is 12.1. The molecule has 1 aromatic carbocycles. The lowest BCUT2D eigenvalue weighted by molar-refractivity contribution is -0.274. The van der Waals surface area contributed by atoms with Gasteiger partial charge in [-0.2, -0.15) is 0 Å². The molecule has 2 N–H and O–H groups in total. The molecule has 25 heavy (non-hydrogen) atoms. The summed E-state index contributed by atoms with van der Waals surface area (Å²) < 4.78 is 40.2. The minimum Gasteiger partial charge on any atom is -0.406 e. The molecule has 0 saturated heterocycles. The zero-order valence-electron chi connectivity index (χ0n) is 14.0. The van der Waals surface area contributed by atoms with Gasteiger partial charge in [-0.25, -0.2) is 0 Å². The zero-order valence-corrected chi connectivity index (χ0v) is 16.3. The lowest BCUT2D eigenvalue weighted by atomic mass is 10.1. The number of nitrogens with zero attached hydrogens (tertiary/aromatic N) is 1. The number of aliphatic imine (C=N–C) groups is 1. The minimum atomic E-state index is -4.66.